The summed E-state index contributed by atoms with van der Waals surface area (Å²) in [7, 11) is 0. The van der Waals surface area contributed by atoms with Gasteiger partial charge in [-0.25, -0.2) is 0 Å². The molecule has 0 aliphatic heterocycles. The minimum atomic E-state index is -0.785. The molecule has 3 atom stereocenters. The van der Waals surface area contributed by atoms with E-state index in [4.69, 9.17) is 4.74 Å². The SMILES string of the molecule is CCCCCCCCC/C=C/C=C/CCCCCCCC(=O)OC(CCCCCCCCCCCCCCC)CC(=O)NC(CO)C(O)CCCCCCCCCCCC. The Kier molecular flexibility index (Phi) is 47.0. The first-order valence-corrected chi connectivity index (χ1v) is 26.6. The predicted octanol–water partition coefficient (Wildman–Crippen LogP) is 15.9. The van der Waals surface area contributed by atoms with Gasteiger partial charge in [-0.3, -0.25) is 9.59 Å². The Morgan fingerprint density at radius 3 is 1.23 bits per heavy atom. The third kappa shape index (κ3) is 43.0. The van der Waals surface area contributed by atoms with Crippen LogP contribution in [0.4, 0.5) is 0 Å². The quantitative estimate of drug-likeness (QED) is 0.0322. The molecule has 0 saturated carbocycles. The number of carbonyl (C=O) groups is 2. The molecule has 354 valence electrons. The van der Waals surface area contributed by atoms with Gasteiger partial charge in [-0.15, -0.1) is 0 Å². The highest BCUT2D eigenvalue weighted by atomic mass is 16.5. The number of aliphatic hydroxyl groups excluding tert-OH is 2. The second-order valence-corrected chi connectivity index (χ2v) is 18.3. The molecule has 0 aromatic rings. The highest BCUT2D eigenvalue weighted by Crippen LogP contribution is 2.18. The van der Waals surface area contributed by atoms with Crippen LogP contribution in [0.2, 0.25) is 0 Å². The molecule has 60 heavy (non-hydrogen) atoms. The van der Waals surface area contributed by atoms with Gasteiger partial charge >= 0.3 is 5.97 Å². The Hall–Kier alpha value is -1.66. The number of rotatable bonds is 48. The van der Waals surface area contributed by atoms with Gasteiger partial charge in [-0.1, -0.05) is 244 Å². The van der Waals surface area contributed by atoms with E-state index in [2.05, 4.69) is 50.4 Å². The molecule has 0 radical (unpaired) electrons. The molecular formula is C54H103NO5. The van der Waals surface area contributed by atoms with Gasteiger partial charge in [0.05, 0.1) is 25.2 Å². The van der Waals surface area contributed by atoms with Gasteiger partial charge in [-0.2, -0.15) is 0 Å². The lowest BCUT2D eigenvalue weighted by atomic mass is 10.0. The van der Waals surface area contributed by atoms with Crippen LogP contribution in [-0.2, 0) is 14.3 Å². The topological polar surface area (TPSA) is 95.9 Å². The summed E-state index contributed by atoms with van der Waals surface area (Å²) in [4.78, 5) is 26.1. The van der Waals surface area contributed by atoms with E-state index in [1.54, 1.807) is 0 Å². The Labute approximate surface area is 373 Å². The zero-order valence-corrected chi connectivity index (χ0v) is 40.4. The summed E-state index contributed by atoms with van der Waals surface area (Å²) in [5.74, 6) is -0.477. The standard InChI is InChI=1S/C54H103NO5/c1-4-7-10-13-16-19-22-24-25-26-27-28-30-32-35-38-41-44-47-54(59)60-50(45-42-39-36-33-31-29-23-20-17-14-11-8-5-2)48-53(58)55-51(49-56)52(57)46-43-40-37-34-21-18-15-12-9-6-3/h25-28,50-52,56-57H,4-24,29-49H2,1-3H3,(H,55,58)/b26-25+,28-27+. The van der Waals surface area contributed by atoms with Crippen LogP contribution in [0.25, 0.3) is 0 Å². The summed E-state index contributed by atoms with van der Waals surface area (Å²) in [6.07, 6.45) is 55.2. The summed E-state index contributed by atoms with van der Waals surface area (Å²) in [5, 5.41) is 23.7. The van der Waals surface area contributed by atoms with E-state index in [1.807, 2.05) is 0 Å². The van der Waals surface area contributed by atoms with Gasteiger partial charge in [0.2, 0.25) is 5.91 Å². The number of esters is 1. The average molecular weight is 846 g/mol. The molecule has 0 bridgehead atoms. The maximum atomic E-state index is 13.2. The van der Waals surface area contributed by atoms with E-state index >= 15 is 0 Å². The fourth-order valence-electron chi connectivity index (χ4n) is 8.25. The predicted molar refractivity (Wildman–Crippen MR) is 260 cm³/mol. The normalized spacial score (nSPS) is 13.3. The van der Waals surface area contributed by atoms with Crippen molar-refractivity contribution >= 4 is 11.9 Å². The highest BCUT2D eigenvalue weighted by molar-refractivity contribution is 5.77. The average Bonchev–Trinajstić information content (AvgIpc) is 3.24. The third-order valence-corrected chi connectivity index (χ3v) is 12.3. The lowest BCUT2D eigenvalue weighted by Gasteiger charge is -2.24. The summed E-state index contributed by atoms with van der Waals surface area (Å²) < 4.78 is 5.94. The van der Waals surface area contributed by atoms with Gasteiger partial charge in [-0.05, 0) is 51.4 Å². The van der Waals surface area contributed by atoms with Crippen LogP contribution < -0.4 is 5.32 Å². The number of amides is 1. The molecule has 0 aliphatic rings. The molecule has 0 spiro atoms. The molecule has 1 amide bonds. The van der Waals surface area contributed by atoms with E-state index in [-0.39, 0.29) is 24.9 Å². The number of ether oxygens (including phenoxy) is 1. The van der Waals surface area contributed by atoms with Crippen molar-refractivity contribution in [2.75, 3.05) is 6.61 Å². The smallest absolute Gasteiger partial charge is 0.306 e. The molecular weight excluding hydrogens is 743 g/mol. The van der Waals surface area contributed by atoms with Crippen molar-refractivity contribution in [1.29, 1.82) is 0 Å². The molecule has 0 aromatic heterocycles. The monoisotopic (exact) mass is 846 g/mol. The molecule has 0 aromatic carbocycles. The first-order valence-electron chi connectivity index (χ1n) is 26.6. The van der Waals surface area contributed by atoms with Crippen molar-refractivity contribution in [3.8, 4) is 0 Å². The lowest BCUT2D eigenvalue weighted by molar-refractivity contribution is -0.151. The number of hydrogen-bond donors (Lipinski definition) is 3. The Morgan fingerprint density at radius 2 is 0.833 bits per heavy atom. The first kappa shape index (κ1) is 58.3. The molecule has 6 heteroatoms. The van der Waals surface area contributed by atoms with Crippen LogP contribution in [0, 0.1) is 0 Å². The zero-order valence-electron chi connectivity index (χ0n) is 40.4. The van der Waals surface area contributed by atoms with Crippen molar-refractivity contribution in [2.24, 2.45) is 0 Å². The van der Waals surface area contributed by atoms with E-state index in [0.717, 1.165) is 57.8 Å². The molecule has 0 saturated heterocycles. The molecule has 3 unspecified atom stereocenters. The largest absolute Gasteiger partial charge is 0.462 e. The molecule has 0 fully saturated rings. The number of aliphatic hydroxyl groups is 2. The number of nitrogens with one attached hydrogen (secondary N) is 1. The number of carbonyl (C=O) groups excluding carboxylic acids is 2. The molecule has 3 N–H and O–H groups in total. The Morgan fingerprint density at radius 1 is 0.483 bits per heavy atom. The van der Waals surface area contributed by atoms with Crippen molar-refractivity contribution < 1.29 is 24.5 Å². The van der Waals surface area contributed by atoms with Gasteiger partial charge < -0.3 is 20.3 Å². The van der Waals surface area contributed by atoms with E-state index in [9.17, 15) is 19.8 Å². The van der Waals surface area contributed by atoms with Gasteiger partial charge in [0.15, 0.2) is 0 Å². The maximum absolute atomic E-state index is 13.2. The van der Waals surface area contributed by atoms with Gasteiger partial charge in [0.1, 0.15) is 6.10 Å². The van der Waals surface area contributed by atoms with Crippen LogP contribution in [0.15, 0.2) is 24.3 Å². The summed E-state index contributed by atoms with van der Waals surface area (Å²) >= 11 is 0. The van der Waals surface area contributed by atoms with Gasteiger partial charge in [0, 0.05) is 6.42 Å². The van der Waals surface area contributed by atoms with E-state index in [1.165, 1.54) is 180 Å². The molecule has 0 aliphatic carbocycles. The van der Waals surface area contributed by atoms with Crippen LogP contribution in [0.1, 0.15) is 284 Å². The van der Waals surface area contributed by atoms with Gasteiger partial charge in [0.25, 0.3) is 0 Å². The summed E-state index contributed by atoms with van der Waals surface area (Å²) in [5.41, 5.74) is 0. The second kappa shape index (κ2) is 48.4. The van der Waals surface area contributed by atoms with Crippen molar-refractivity contribution in [2.45, 2.75) is 302 Å². The second-order valence-electron chi connectivity index (χ2n) is 18.3. The van der Waals surface area contributed by atoms with Crippen LogP contribution in [-0.4, -0.2) is 46.9 Å². The van der Waals surface area contributed by atoms with E-state index in [0.29, 0.717) is 19.3 Å². The first-order chi connectivity index (χ1) is 29.5. The lowest BCUT2D eigenvalue weighted by Crippen LogP contribution is -2.46. The minimum absolute atomic E-state index is 0.0767. The minimum Gasteiger partial charge on any atom is -0.462 e. The van der Waals surface area contributed by atoms with Crippen LogP contribution in [0.5, 0.6) is 0 Å². The van der Waals surface area contributed by atoms with Crippen molar-refractivity contribution in [1.82, 2.24) is 5.32 Å². The van der Waals surface area contributed by atoms with Crippen LogP contribution in [0.3, 0.4) is 0 Å². The van der Waals surface area contributed by atoms with Crippen molar-refractivity contribution in [3.63, 3.8) is 0 Å². The summed E-state index contributed by atoms with van der Waals surface area (Å²) in [6, 6.07) is -0.699. The Balaban J connectivity index is 4.54. The number of allylic oxidation sites excluding steroid dienone is 4. The number of hydrogen-bond acceptors (Lipinski definition) is 5. The molecule has 0 rings (SSSR count). The van der Waals surface area contributed by atoms with Crippen LogP contribution >= 0.6 is 0 Å². The fourth-order valence-corrected chi connectivity index (χ4v) is 8.25. The third-order valence-electron chi connectivity index (χ3n) is 12.3. The summed E-state index contributed by atoms with van der Waals surface area (Å²) in [6.45, 7) is 6.48. The highest BCUT2D eigenvalue weighted by Gasteiger charge is 2.24. The Bertz CT molecular complexity index is 950. The van der Waals surface area contributed by atoms with E-state index < -0.39 is 18.2 Å². The number of unbranched alkanes of at least 4 members (excludes halogenated alkanes) is 33. The zero-order chi connectivity index (χ0) is 43.8. The maximum Gasteiger partial charge on any atom is 0.306 e. The van der Waals surface area contributed by atoms with Crippen molar-refractivity contribution in [3.05, 3.63) is 24.3 Å². The molecule has 6 nitrogen and oxygen atoms in total. The molecule has 0 heterocycles. The fraction of sp³-hybridized carbons (Fsp3) is 0.889.